The van der Waals surface area contributed by atoms with Crippen molar-refractivity contribution in [3.63, 3.8) is 0 Å². The number of thiophene rings is 1. The van der Waals surface area contributed by atoms with Gasteiger partial charge in [0.1, 0.15) is 5.54 Å². The fourth-order valence-corrected chi connectivity index (χ4v) is 9.89. The summed E-state index contributed by atoms with van der Waals surface area (Å²) < 4.78 is 4.92. The molecule has 0 fully saturated rings. The monoisotopic (exact) mass is 599 g/mol. The molecule has 4 heterocycles. The van der Waals surface area contributed by atoms with Gasteiger partial charge < -0.3 is 0 Å². The van der Waals surface area contributed by atoms with Gasteiger partial charge in [0.05, 0.1) is 22.0 Å². The maximum atomic E-state index is 5.59. The topological polar surface area (TPSA) is 29.6 Å². The first-order chi connectivity index (χ1) is 21.7. The normalized spacial score (nSPS) is 19.5. The van der Waals surface area contributed by atoms with Crippen LogP contribution in [-0.2, 0) is 5.54 Å². The Hall–Kier alpha value is -4.71. The van der Waals surface area contributed by atoms with Crippen molar-refractivity contribution < 1.29 is 0 Å². The molecule has 44 heavy (non-hydrogen) atoms. The average Bonchev–Trinajstić information content (AvgIpc) is 3.70. The Balaban J connectivity index is 1.28. The van der Waals surface area contributed by atoms with Gasteiger partial charge >= 0.3 is 0 Å². The second-order valence-corrected chi connectivity index (χ2v) is 14.2. The van der Waals surface area contributed by atoms with Gasteiger partial charge in [-0.25, -0.2) is 9.98 Å². The standard InChI is InChI=1S/C39H25N3S2/c1-39-30-14-6-9-17-35(30)44-37(39)36(25-18-19-34-29(21-25)27-13-5-8-16-33(27)43-34)40-38(41-39)42-31-15-7-4-12-26(31)28-20-23-10-2-3-11-24(23)22-32(28)42/h2-22,37H,1H3. The lowest BCUT2D eigenvalue weighted by Gasteiger charge is -2.33. The highest BCUT2D eigenvalue weighted by molar-refractivity contribution is 8.01. The fourth-order valence-electron chi connectivity index (χ4n) is 7.28. The van der Waals surface area contributed by atoms with E-state index in [2.05, 4.69) is 139 Å². The minimum atomic E-state index is -0.464. The smallest absolute Gasteiger partial charge is 0.231 e. The van der Waals surface area contributed by atoms with Gasteiger partial charge in [0, 0.05) is 35.8 Å². The van der Waals surface area contributed by atoms with Crippen LogP contribution in [0.4, 0.5) is 0 Å². The fraction of sp³-hybridized carbons (Fsp3) is 0.0769. The molecule has 0 bridgehead atoms. The number of rotatable bonds is 1. The number of nitrogens with zero attached hydrogens (tertiary/aromatic N) is 3. The number of para-hydroxylation sites is 1. The van der Waals surface area contributed by atoms with E-state index in [0.717, 1.165) is 28.3 Å². The number of thioether (sulfide) groups is 1. The van der Waals surface area contributed by atoms with Gasteiger partial charge in [0.2, 0.25) is 5.96 Å². The van der Waals surface area contributed by atoms with Crippen molar-refractivity contribution in [3.8, 4) is 0 Å². The summed E-state index contributed by atoms with van der Waals surface area (Å²) >= 11 is 3.75. The summed E-state index contributed by atoms with van der Waals surface area (Å²) in [5.41, 5.74) is 5.31. The van der Waals surface area contributed by atoms with Crippen LogP contribution < -0.4 is 0 Å². The van der Waals surface area contributed by atoms with E-state index < -0.39 is 5.54 Å². The Bertz CT molecular complexity index is 2570. The van der Waals surface area contributed by atoms with E-state index in [0.29, 0.717) is 0 Å². The number of fused-ring (bicyclic) bond motifs is 10. The summed E-state index contributed by atoms with van der Waals surface area (Å²) in [6.07, 6.45) is 0. The van der Waals surface area contributed by atoms with Crippen LogP contribution in [0.3, 0.4) is 0 Å². The highest BCUT2D eigenvalue weighted by Gasteiger charge is 2.49. The quantitative estimate of drug-likeness (QED) is 0.185. The maximum Gasteiger partial charge on any atom is 0.231 e. The second-order valence-electron chi connectivity index (χ2n) is 11.9. The molecule has 2 aliphatic heterocycles. The van der Waals surface area contributed by atoms with Crippen molar-refractivity contribution >= 4 is 87.5 Å². The molecule has 0 saturated carbocycles. The SMILES string of the molecule is CC12N=C(n3c4ccccc4c4cc5ccccc5cc43)N=C(c3ccc4sc5ccccc5c4c3)C1Sc1ccccc12. The molecule has 8 aromatic rings. The first-order valence-corrected chi connectivity index (χ1v) is 16.6. The van der Waals surface area contributed by atoms with Crippen molar-refractivity contribution in [2.24, 2.45) is 9.98 Å². The third-order valence-electron chi connectivity index (χ3n) is 9.40. The molecule has 6 aromatic carbocycles. The molecule has 0 saturated heterocycles. The minimum Gasteiger partial charge on any atom is -0.278 e. The lowest BCUT2D eigenvalue weighted by atomic mass is 9.84. The number of aliphatic imine (C=N–C) groups is 2. The zero-order valence-electron chi connectivity index (χ0n) is 23.9. The molecule has 2 aromatic heterocycles. The Morgan fingerprint density at radius 2 is 1.36 bits per heavy atom. The molecule has 208 valence electrons. The van der Waals surface area contributed by atoms with Gasteiger partial charge in [0.25, 0.3) is 0 Å². The van der Waals surface area contributed by atoms with Crippen LogP contribution in [0.2, 0.25) is 0 Å². The molecule has 0 spiro atoms. The minimum absolute atomic E-state index is 0.0694. The third kappa shape index (κ3) is 3.34. The number of benzene rings is 6. The van der Waals surface area contributed by atoms with Crippen LogP contribution in [0.15, 0.2) is 142 Å². The summed E-state index contributed by atoms with van der Waals surface area (Å²) in [6, 6.07) is 46.3. The number of aromatic nitrogens is 1. The van der Waals surface area contributed by atoms with Crippen molar-refractivity contribution in [3.05, 3.63) is 139 Å². The van der Waals surface area contributed by atoms with E-state index in [9.17, 15) is 0 Å². The molecule has 0 N–H and O–H groups in total. The van der Waals surface area contributed by atoms with E-state index in [4.69, 9.17) is 9.98 Å². The maximum absolute atomic E-state index is 5.59. The van der Waals surface area contributed by atoms with Crippen LogP contribution in [-0.4, -0.2) is 21.5 Å². The van der Waals surface area contributed by atoms with Gasteiger partial charge in [0.15, 0.2) is 0 Å². The molecule has 2 aliphatic rings. The molecule has 2 atom stereocenters. The van der Waals surface area contributed by atoms with Gasteiger partial charge in [-0.15, -0.1) is 23.1 Å². The van der Waals surface area contributed by atoms with E-state index in [1.54, 1.807) is 0 Å². The Labute approximate surface area is 262 Å². The van der Waals surface area contributed by atoms with Gasteiger partial charge in [-0.1, -0.05) is 84.9 Å². The Morgan fingerprint density at radius 1 is 0.636 bits per heavy atom. The van der Waals surface area contributed by atoms with Gasteiger partial charge in [-0.2, -0.15) is 0 Å². The zero-order chi connectivity index (χ0) is 29.0. The lowest BCUT2D eigenvalue weighted by molar-refractivity contribution is 0.527. The molecule has 0 radical (unpaired) electrons. The summed E-state index contributed by atoms with van der Waals surface area (Å²) in [7, 11) is 0. The van der Waals surface area contributed by atoms with E-state index in [-0.39, 0.29) is 5.25 Å². The molecule has 2 unspecified atom stereocenters. The molecular formula is C39H25N3S2. The Morgan fingerprint density at radius 3 is 2.27 bits per heavy atom. The third-order valence-corrected chi connectivity index (χ3v) is 12.1. The highest BCUT2D eigenvalue weighted by Crippen LogP contribution is 2.53. The molecular weight excluding hydrogens is 575 g/mol. The largest absolute Gasteiger partial charge is 0.278 e. The summed E-state index contributed by atoms with van der Waals surface area (Å²) in [4.78, 5) is 12.4. The van der Waals surface area contributed by atoms with Crippen LogP contribution in [0.5, 0.6) is 0 Å². The molecule has 3 nitrogen and oxygen atoms in total. The van der Waals surface area contributed by atoms with E-state index in [1.807, 2.05) is 23.1 Å². The summed E-state index contributed by atoms with van der Waals surface area (Å²) in [5.74, 6) is 0.743. The van der Waals surface area contributed by atoms with Crippen LogP contribution in [0.1, 0.15) is 18.1 Å². The van der Waals surface area contributed by atoms with Crippen LogP contribution in [0, 0.1) is 0 Å². The van der Waals surface area contributed by atoms with Crippen molar-refractivity contribution in [1.29, 1.82) is 0 Å². The first-order valence-electron chi connectivity index (χ1n) is 14.9. The lowest BCUT2D eigenvalue weighted by Crippen LogP contribution is -2.41. The molecule has 0 amide bonds. The second kappa shape index (κ2) is 8.91. The first kappa shape index (κ1) is 24.7. The van der Waals surface area contributed by atoms with E-state index >= 15 is 0 Å². The van der Waals surface area contributed by atoms with Crippen LogP contribution >= 0.6 is 23.1 Å². The number of hydrogen-bond donors (Lipinski definition) is 0. The predicted molar refractivity (Wildman–Crippen MR) is 189 cm³/mol. The average molecular weight is 600 g/mol. The molecule has 0 aliphatic carbocycles. The highest BCUT2D eigenvalue weighted by atomic mass is 32.2. The van der Waals surface area contributed by atoms with Crippen molar-refractivity contribution in [2.45, 2.75) is 22.6 Å². The molecule has 10 rings (SSSR count). The molecule has 5 heteroatoms. The van der Waals surface area contributed by atoms with E-state index in [1.165, 1.54) is 52.2 Å². The summed E-state index contributed by atoms with van der Waals surface area (Å²) in [5, 5.41) is 7.55. The van der Waals surface area contributed by atoms with Crippen molar-refractivity contribution in [1.82, 2.24) is 4.57 Å². The Kier molecular flexibility index (Phi) is 5.00. The van der Waals surface area contributed by atoms with Crippen LogP contribution in [0.25, 0.3) is 52.8 Å². The van der Waals surface area contributed by atoms with Gasteiger partial charge in [-0.3, -0.25) is 4.57 Å². The number of hydrogen-bond acceptors (Lipinski definition) is 4. The predicted octanol–water partition coefficient (Wildman–Crippen LogP) is 10.4. The van der Waals surface area contributed by atoms with Crippen molar-refractivity contribution in [2.75, 3.05) is 0 Å². The zero-order valence-corrected chi connectivity index (χ0v) is 25.5. The van der Waals surface area contributed by atoms with Gasteiger partial charge in [-0.05, 0) is 71.3 Å². The summed E-state index contributed by atoms with van der Waals surface area (Å²) in [6.45, 7) is 2.30.